The van der Waals surface area contributed by atoms with Crippen molar-refractivity contribution in [2.24, 2.45) is 0 Å². The number of β-lactam (4-membered cyclic amide) rings is 1. The van der Waals surface area contributed by atoms with Crippen LogP contribution in [0.3, 0.4) is 0 Å². The summed E-state index contributed by atoms with van der Waals surface area (Å²) in [6, 6.07) is 7.33. The van der Waals surface area contributed by atoms with Crippen LogP contribution in [0.1, 0.15) is 5.56 Å². The van der Waals surface area contributed by atoms with E-state index in [1.165, 1.54) is 0 Å². The zero-order valence-corrected chi connectivity index (χ0v) is 9.42. The van der Waals surface area contributed by atoms with Crippen molar-refractivity contribution in [3.63, 3.8) is 0 Å². The Kier molecular flexibility index (Phi) is 3.27. The fraction of sp³-hybridized carbons (Fsp3) is 0.250. The quantitative estimate of drug-likeness (QED) is 0.650. The molecule has 2 atom stereocenters. The number of nitrogens with one attached hydrogen (secondary N) is 2. The van der Waals surface area contributed by atoms with Crippen LogP contribution in [-0.2, 0) is 16.0 Å². The molecule has 0 bridgehead atoms. The van der Waals surface area contributed by atoms with Crippen LogP contribution in [0.25, 0.3) is 0 Å². The minimum atomic E-state index is -1.31. The fourth-order valence-corrected chi connectivity index (χ4v) is 1.84. The van der Waals surface area contributed by atoms with E-state index in [-0.39, 0.29) is 12.2 Å². The normalized spacial score (nSPS) is 21.7. The van der Waals surface area contributed by atoms with Crippen molar-refractivity contribution in [1.82, 2.24) is 10.6 Å². The van der Waals surface area contributed by atoms with E-state index in [1.807, 2.05) is 23.5 Å². The first-order valence-electron chi connectivity index (χ1n) is 5.44. The number of ketones is 1. The molecule has 1 aliphatic heterocycles. The molecule has 6 nitrogen and oxygen atoms in total. The van der Waals surface area contributed by atoms with E-state index in [4.69, 9.17) is 5.11 Å². The second kappa shape index (κ2) is 4.87. The Balaban J connectivity index is 1.98. The van der Waals surface area contributed by atoms with Crippen LogP contribution < -0.4 is 10.6 Å². The predicted octanol–water partition coefficient (Wildman–Crippen LogP) is -0.0672. The highest BCUT2D eigenvalue weighted by atomic mass is 16.4. The topological polar surface area (TPSA) is 95.5 Å². The Labute approximate surface area is 103 Å². The van der Waals surface area contributed by atoms with E-state index >= 15 is 0 Å². The van der Waals surface area contributed by atoms with Gasteiger partial charge in [-0.25, -0.2) is 4.79 Å². The van der Waals surface area contributed by atoms with E-state index in [0.717, 1.165) is 5.56 Å². The molecule has 0 spiro atoms. The number of carbonyl (C=O) groups excluding carboxylic acids is 2. The maximum absolute atomic E-state index is 11.9. The monoisotopic (exact) mass is 248 g/mol. The van der Waals surface area contributed by atoms with Gasteiger partial charge >= 0.3 is 6.09 Å². The second-order valence-electron chi connectivity index (χ2n) is 4.04. The van der Waals surface area contributed by atoms with Crippen molar-refractivity contribution < 1.29 is 19.5 Å². The predicted molar refractivity (Wildman–Crippen MR) is 62.0 cm³/mol. The van der Waals surface area contributed by atoms with E-state index in [0.29, 0.717) is 0 Å². The molecule has 1 fully saturated rings. The summed E-state index contributed by atoms with van der Waals surface area (Å²) in [6.07, 6.45) is -1.14. The van der Waals surface area contributed by atoms with Crippen LogP contribution in [0.4, 0.5) is 4.79 Å². The SMILES string of the molecule is O=C(O)N[C@@H]1C(=O)N[C@@H]1C(=O)Cc1ccccc1. The molecular weight excluding hydrogens is 236 g/mol. The molecule has 0 saturated carbocycles. The Morgan fingerprint density at radius 2 is 1.94 bits per heavy atom. The lowest BCUT2D eigenvalue weighted by Crippen LogP contribution is -2.71. The van der Waals surface area contributed by atoms with Crippen molar-refractivity contribution in [2.75, 3.05) is 0 Å². The minimum Gasteiger partial charge on any atom is -0.465 e. The molecule has 94 valence electrons. The smallest absolute Gasteiger partial charge is 0.405 e. The summed E-state index contributed by atoms with van der Waals surface area (Å²) in [5, 5.41) is 13.0. The molecular formula is C12H12N2O4. The number of benzene rings is 1. The molecule has 1 saturated heterocycles. The highest BCUT2D eigenvalue weighted by molar-refractivity contribution is 6.04. The molecule has 0 unspecified atom stereocenters. The molecule has 1 aliphatic rings. The van der Waals surface area contributed by atoms with Gasteiger partial charge in [-0.1, -0.05) is 30.3 Å². The first-order valence-corrected chi connectivity index (χ1v) is 5.44. The fourth-order valence-electron chi connectivity index (χ4n) is 1.84. The number of amides is 2. The summed E-state index contributed by atoms with van der Waals surface area (Å²) >= 11 is 0. The maximum atomic E-state index is 11.9. The molecule has 2 rings (SSSR count). The summed E-state index contributed by atoms with van der Waals surface area (Å²) in [5.74, 6) is -0.677. The van der Waals surface area contributed by atoms with Gasteiger partial charge in [0.05, 0.1) is 0 Å². The lowest BCUT2D eigenvalue weighted by molar-refractivity contribution is -0.138. The van der Waals surface area contributed by atoms with Crippen molar-refractivity contribution >= 4 is 17.8 Å². The number of carboxylic acid groups (broad SMARTS) is 1. The van der Waals surface area contributed by atoms with Crippen molar-refractivity contribution in [3.8, 4) is 0 Å². The lowest BCUT2D eigenvalue weighted by Gasteiger charge is -2.35. The van der Waals surface area contributed by atoms with Crippen LogP contribution >= 0.6 is 0 Å². The maximum Gasteiger partial charge on any atom is 0.405 e. The van der Waals surface area contributed by atoms with Gasteiger partial charge in [0.25, 0.3) is 0 Å². The molecule has 0 aromatic heterocycles. The van der Waals surface area contributed by atoms with E-state index in [9.17, 15) is 14.4 Å². The molecule has 1 heterocycles. The molecule has 2 amide bonds. The average molecular weight is 248 g/mol. The second-order valence-corrected chi connectivity index (χ2v) is 4.04. The third kappa shape index (κ3) is 2.48. The van der Waals surface area contributed by atoms with Gasteiger partial charge in [-0.05, 0) is 5.56 Å². The number of hydrogen-bond donors (Lipinski definition) is 3. The zero-order valence-electron chi connectivity index (χ0n) is 9.42. The standard InChI is InChI=1S/C12H12N2O4/c15-8(6-7-4-2-1-3-5-7)9-10(11(16)13-9)14-12(17)18/h1-5,9-10,14H,6H2,(H,13,16)(H,17,18)/t9-,10+/m1/s1. The zero-order chi connectivity index (χ0) is 13.1. The van der Waals surface area contributed by atoms with Gasteiger partial charge in [-0.15, -0.1) is 0 Å². The van der Waals surface area contributed by atoms with Gasteiger partial charge in [-0.2, -0.15) is 0 Å². The average Bonchev–Trinajstić information content (AvgIpc) is 2.34. The van der Waals surface area contributed by atoms with Crippen molar-refractivity contribution in [3.05, 3.63) is 35.9 Å². The summed E-state index contributed by atoms with van der Waals surface area (Å²) in [7, 11) is 0. The molecule has 1 aromatic rings. The Morgan fingerprint density at radius 1 is 1.28 bits per heavy atom. The lowest BCUT2D eigenvalue weighted by atomic mass is 9.91. The highest BCUT2D eigenvalue weighted by Crippen LogP contribution is 2.11. The summed E-state index contributed by atoms with van der Waals surface area (Å²) in [4.78, 5) is 33.5. The number of hydrogen-bond acceptors (Lipinski definition) is 3. The van der Waals surface area contributed by atoms with Crippen molar-refractivity contribution in [2.45, 2.75) is 18.5 Å². The highest BCUT2D eigenvalue weighted by Gasteiger charge is 2.44. The van der Waals surface area contributed by atoms with Gasteiger partial charge in [-0.3, -0.25) is 9.59 Å². The third-order valence-corrected chi connectivity index (χ3v) is 2.76. The van der Waals surface area contributed by atoms with E-state index in [1.54, 1.807) is 12.1 Å². The first-order chi connectivity index (χ1) is 8.58. The number of carbonyl (C=O) groups is 3. The third-order valence-electron chi connectivity index (χ3n) is 2.76. The molecule has 1 aromatic carbocycles. The molecule has 3 N–H and O–H groups in total. The van der Waals surface area contributed by atoms with Crippen LogP contribution in [0.2, 0.25) is 0 Å². The van der Waals surface area contributed by atoms with E-state index < -0.39 is 24.1 Å². The Morgan fingerprint density at radius 3 is 2.50 bits per heavy atom. The Hall–Kier alpha value is -2.37. The van der Waals surface area contributed by atoms with Gasteiger partial charge < -0.3 is 15.7 Å². The summed E-state index contributed by atoms with van der Waals surface area (Å²) < 4.78 is 0. The Bertz CT molecular complexity index is 486. The van der Waals surface area contributed by atoms with Crippen LogP contribution in [0.15, 0.2) is 30.3 Å². The number of rotatable bonds is 4. The summed E-state index contributed by atoms with van der Waals surface area (Å²) in [5.41, 5.74) is 0.831. The minimum absolute atomic E-state index is 0.170. The van der Waals surface area contributed by atoms with Crippen LogP contribution in [0, 0.1) is 0 Å². The molecule has 6 heteroatoms. The van der Waals surface area contributed by atoms with Crippen molar-refractivity contribution in [1.29, 1.82) is 0 Å². The molecule has 0 radical (unpaired) electrons. The van der Waals surface area contributed by atoms with Gasteiger partial charge in [0.2, 0.25) is 5.91 Å². The van der Waals surface area contributed by atoms with Gasteiger partial charge in [0.15, 0.2) is 5.78 Å². The molecule has 18 heavy (non-hydrogen) atoms. The van der Waals surface area contributed by atoms with Gasteiger partial charge in [0.1, 0.15) is 12.1 Å². The first kappa shape index (κ1) is 12.1. The largest absolute Gasteiger partial charge is 0.465 e. The summed E-state index contributed by atoms with van der Waals surface area (Å²) in [6.45, 7) is 0. The van der Waals surface area contributed by atoms with Gasteiger partial charge in [0, 0.05) is 6.42 Å². The molecule has 0 aliphatic carbocycles. The number of Topliss-reactive ketones (excluding diaryl/α,β-unsaturated/α-hetero) is 1. The van der Waals surface area contributed by atoms with Crippen LogP contribution in [0.5, 0.6) is 0 Å². The van der Waals surface area contributed by atoms with Crippen LogP contribution in [-0.4, -0.2) is 35.0 Å². The van der Waals surface area contributed by atoms with E-state index in [2.05, 4.69) is 5.32 Å².